The van der Waals surface area contributed by atoms with E-state index in [-0.39, 0.29) is 44.3 Å². The smallest absolute Gasteiger partial charge is 0.547 e. The standard InChI is InChI=1S/C7H12O5.Ca/c1-7(2)11-3-4(12-7)5(8)6(9)10;/h4-5,8H,3H2,1-2H3,(H,9,10);/q;+2/p-1. The largest absolute Gasteiger partial charge is 2.00 e. The molecule has 0 aliphatic carbocycles. The van der Waals surface area contributed by atoms with Gasteiger partial charge < -0.3 is 24.5 Å². The molecule has 0 aromatic carbocycles. The van der Waals surface area contributed by atoms with Crippen molar-refractivity contribution in [2.45, 2.75) is 31.8 Å². The summed E-state index contributed by atoms with van der Waals surface area (Å²) in [6.07, 6.45) is -2.45. The molecule has 1 aliphatic rings. The Kier molecular flexibility index (Phi) is 5.14. The van der Waals surface area contributed by atoms with Crippen molar-refractivity contribution < 1.29 is 24.5 Å². The summed E-state index contributed by atoms with van der Waals surface area (Å²) in [7, 11) is 0. The van der Waals surface area contributed by atoms with Crippen LogP contribution in [-0.4, -0.2) is 73.4 Å². The van der Waals surface area contributed by atoms with Crippen molar-refractivity contribution in [3.8, 4) is 0 Å². The van der Waals surface area contributed by atoms with Crippen molar-refractivity contribution in [3.05, 3.63) is 0 Å². The number of carbonyl (C=O) groups excluding carboxylic acids is 1. The Morgan fingerprint density at radius 2 is 2.23 bits per heavy atom. The average molecular weight is 215 g/mol. The molecule has 5 nitrogen and oxygen atoms in total. The van der Waals surface area contributed by atoms with Gasteiger partial charge in [0, 0.05) is 0 Å². The topological polar surface area (TPSA) is 78.8 Å². The van der Waals surface area contributed by atoms with Gasteiger partial charge in [-0.15, -0.1) is 0 Å². The maximum Gasteiger partial charge on any atom is 2.00 e. The molecule has 2 unspecified atom stereocenters. The maximum atomic E-state index is 10.2. The molecule has 2 atom stereocenters. The Hall–Kier alpha value is 0.610. The van der Waals surface area contributed by atoms with E-state index in [0.29, 0.717) is 0 Å². The second kappa shape index (κ2) is 4.91. The summed E-state index contributed by atoms with van der Waals surface area (Å²) in [5.74, 6) is -2.36. The van der Waals surface area contributed by atoms with Crippen LogP contribution in [0.1, 0.15) is 13.8 Å². The maximum absolute atomic E-state index is 10.2. The molecule has 70 valence electrons. The minimum absolute atomic E-state index is 0. The molecule has 1 heterocycles. The van der Waals surface area contributed by atoms with Gasteiger partial charge in [-0.3, -0.25) is 0 Å². The van der Waals surface area contributed by atoms with Gasteiger partial charge >= 0.3 is 37.7 Å². The minimum Gasteiger partial charge on any atom is -0.547 e. The Morgan fingerprint density at radius 1 is 1.69 bits per heavy atom. The molecular weight excluding hydrogens is 204 g/mol. The molecule has 0 amide bonds. The third-order valence-corrected chi connectivity index (χ3v) is 1.62. The van der Waals surface area contributed by atoms with Gasteiger partial charge in [-0.25, -0.2) is 0 Å². The first kappa shape index (κ1) is 13.6. The quantitative estimate of drug-likeness (QED) is 0.532. The van der Waals surface area contributed by atoms with E-state index >= 15 is 0 Å². The first-order valence-corrected chi connectivity index (χ1v) is 3.63. The van der Waals surface area contributed by atoms with Crippen molar-refractivity contribution >= 4 is 43.7 Å². The predicted molar refractivity (Wildman–Crippen MR) is 41.7 cm³/mol. The molecule has 0 spiro atoms. The van der Waals surface area contributed by atoms with E-state index in [9.17, 15) is 9.90 Å². The summed E-state index contributed by atoms with van der Waals surface area (Å²) in [6, 6.07) is 0. The van der Waals surface area contributed by atoms with Crippen LogP contribution in [0.4, 0.5) is 0 Å². The number of carboxylic acid groups (broad SMARTS) is 1. The number of carbonyl (C=O) groups is 1. The number of aliphatic carboxylic acids is 1. The molecule has 1 rings (SSSR count). The van der Waals surface area contributed by atoms with Crippen LogP contribution in [0.25, 0.3) is 0 Å². The van der Waals surface area contributed by atoms with Crippen molar-refractivity contribution in [2.24, 2.45) is 0 Å². The van der Waals surface area contributed by atoms with E-state index in [1.165, 1.54) is 0 Å². The van der Waals surface area contributed by atoms with Gasteiger partial charge in [0.25, 0.3) is 0 Å². The molecule has 0 saturated carbocycles. The van der Waals surface area contributed by atoms with E-state index < -0.39 is 24.0 Å². The molecule has 0 aromatic heterocycles. The van der Waals surface area contributed by atoms with Crippen LogP contribution < -0.4 is 5.11 Å². The SMILES string of the molecule is CC1(C)OCC(C(O)C(=O)[O-])O1.[Ca+2]. The summed E-state index contributed by atoms with van der Waals surface area (Å²) in [5, 5.41) is 19.2. The second-order valence-corrected chi connectivity index (χ2v) is 3.13. The third-order valence-electron chi connectivity index (χ3n) is 1.62. The van der Waals surface area contributed by atoms with Crippen LogP contribution in [0.15, 0.2) is 0 Å². The fourth-order valence-corrected chi connectivity index (χ4v) is 1.02. The molecule has 1 aliphatic heterocycles. The van der Waals surface area contributed by atoms with Crippen molar-refractivity contribution in [1.82, 2.24) is 0 Å². The molecular formula is C7H11CaO5+. The molecule has 1 fully saturated rings. The zero-order valence-electron chi connectivity index (χ0n) is 7.65. The average Bonchev–Trinajstić information content (AvgIpc) is 2.28. The van der Waals surface area contributed by atoms with Gasteiger partial charge in [-0.05, 0) is 13.8 Å². The molecule has 0 bridgehead atoms. The number of hydrogen-bond donors (Lipinski definition) is 1. The molecule has 0 radical (unpaired) electrons. The van der Waals surface area contributed by atoms with Crippen LogP contribution in [0, 0.1) is 0 Å². The van der Waals surface area contributed by atoms with E-state index in [1.54, 1.807) is 13.8 Å². The van der Waals surface area contributed by atoms with Gasteiger partial charge in [-0.2, -0.15) is 0 Å². The monoisotopic (exact) mass is 215 g/mol. The van der Waals surface area contributed by atoms with Gasteiger partial charge in [0.05, 0.1) is 12.6 Å². The van der Waals surface area contributed by atoms with Crippen molar-refractivity contribution in [3.63, 3.8) is 0 Å². The normalized spacial score (nSPS) is 27.8. The Labute approximate surface area is 106 Å². The number of hydrogen-bond acceptors (Lipinski definition) is 5. The summed E-state index contributed by atoms with van der Waals surface area (Å²) in [5.41, 5.74) is 0. The van der Waals surface area contributed by atoms with Crippen molar-refractivity contribution in [2.75, 3.05) is 6.61 Å². The van der Waals surface area contributed by atoms with E-state index in [0.717, 1.165) is 0 Å². The minimum atomic E-state index is -1.62. The summed E-state index contributed by atoms with van der Waals surface area (Å²) < 4.78 is 10.1. The van der Waals surface area contributed by atoms with Crippen LogP contribution in [0.2, 0.25) is 0 Å². The molecule has 1 N–H and O–H groups in total. The molecule has 1 saturated heterocycles. The summed E-state index contributed by atoms with van der Waals surface area (Å²) in [4.78, 5) is 10.2. The molecule has 6 heteroatoms. The Bertz CT molecular complexity index is 193. The van der Waals surface area contributed by atoms with Gasteiger partial charge in [0.1, 0.15) is 12.2 Å². The van der Waals surface area contributed by atoms with Crippen LogP contribution >= 0.6 is 0 Å². The first-order chi connectivity index (χ1) is 5.42. The van der Waals surface area contributed by atoms with E-state index in [1.807, 2.05) is 0 Å². The van der Waals surface area contributed by atoms with Crippen LogP contribution in [-0.2, 0) is 14.3 Å². The third kappa shape index (κ3) is 3.69. The van der Waals surface area contributed by atoms with E-state index in [4.69, 9.17) is 14.6 Å². The Morgan fingerprint density at radius 3 is 2.54 bits per heavy atom. The number of aliphatic hydroxyl groups is 1. The number of ether oxygens (including phenoxy) is 2. The van der Waals surface area contributed by atoms with Gasteiger partial charge in [-0.1, -0.05) is 0 Å². The summed E-state index contributed by atoms with van der Waals surface area (Å²) >= 11 is 0. The van der Waals surface area contributed by atoms with Gasteiger partial charge in [0.2, 0.25) is 0 Å². The Balaban J connectivity index is 0.00000144. The van der Waals surface area contributed by atoms with Crippen molar-refractivity contribution in [1.29, 1.82) is 0 Å². The number of aliphatic hydroxyl groups excluding tert-OH is 1. The second-order valence-electron chi connectivity index (χ2n) is 3.13. The van der Waals surface area contributed by atoms with Gasteiger partial charge in [0.15, 0.2) is 5.79 Å². The van der Waals surface area contributed by atoms with E-state index in [2.05, 4.69) is 0 Å². The predicted octanol–water partition coefficient (Wildman–Crippen LogP) is -2.13. The fourth-order valence-electron chi connectivity index (χ4n) is 1.02. The fraction of sp³-hybridized carbons (Fsp3) is 0.857. The van der Waals surface area contributed by atoms with Crippen LogP contribution in [0.5, 0.6) is 0 Å². The van der Waals surface area contributed by atoms with Crippen LogP contribution in [0.3, 0.4) is 0 Å². The molecule has 0 aromatic rings. The summed E-state index contributed by atoms with van der Waals surface area (Å²) in [6.45, 7) is 3.37. The first-order valence-electron chi connectivity index (χ1n) is 3.63. The number of carboxylic acids is 1. The zero-order valence-corrected chi connectivity index (χ0v) is 9.86. The molecule has 13 heavy (non-hydrogen) atoms. The number of rotatable bonds is 2. The zero-order chi connectivity index (χ0) is 9.35.